The first-order valence-electron chi connectivity index (χ1n) is 3.87. The van der Waals surface area contributed by atoms with Gasteiger partial charge >= 0.3 is 0 Å². The largest absolute Gasteiger partial charge is 0.389 e. The number of rotatable bonds is 1. The highest BCUT2D eigenvalue weighted by Crippen LogP contribution is 2.34. The zero-order valence-corrected chi connectivity index (χ0v) is 7.00. The Balaban J connectivity index is 2.77. The van der Waals surface area contributed by atoms with E-state index >= 15 is 0 Å². The second kappa shape index (κ2) is 2.78. The summed E-state index contributed by atoms with van der Waals surface area (Å²) in [7, 11) is 0. The summed E-state index contributed by atoms with van der Waals surface area (Å²) in [5, 5.41) is 9.31. The molecular weight excluding hydrogens is 140 g/mol. The monoisotopic (exact) mass is 154 g/mol. The maximum Gasteiger partial charge on any atom is 0.145 e. The van der Waals surface area contributed by atoms with Crippen LogP contribution in [0.15, 0.2) is 11.6 Å². The SMILES string of the molecule is CC1(C)CC(C=O)=CC(O)C1. The van der Waals surface area contributed by atoms with E-state index in [2.05, 4.69) is 13.8 Å². The summed E-state index contributed by atoms with van der Waals surface area (Å²) in [5.74, 6) is 0. The first-order valence-corrected chi connectivity index (χ1v) is 3.87. The lowest BCUT2D eigenvalue weighted by molar-refractivity contribution is -0.105. The van der Waals surface area contributed by atoms with Crippen LogP contribution in [0.4, 0.5) is 0 Å². The molecule has 0 radical (unpaired) electrons. The van der Waals surface area contributed by atoms with Gasteiger partial charge in [0.05, 0.1) is 6.10 Å². The second-order valence-electron chi connectivity index (χ2n) is 3.97. The van der Waals surface area contributed by atoms with Crippen LogP contribution in [0.5, 0.6) is 0 Å². The third-order valence-electron chi connectivity index (χ3n) is 2.00. The van der Waals surface area contributed by atoms with Crippen molar-refractivity contribution in [3.8, 4) is 0 Å². The number of hydrogen-bond donors (Lipinski definition) is 1. The Morgan fingerprint density at radius 2 is 2.36 bits per heavy atom. The molecule has 2 heteroatoms. The van der Waals surface area contributed by atoms with Gasteiger partial charge in [0.15, 0.2) is 0 Å². The Hall–Kier alpha value is -0.630. The lowest BCUT2D eigenvalue weighted by Gasteiger charge is -2.30. The van der Waals surface area contributed by atoms with E-state index in [0.717, 1.165) is 24.7 Å². The van der Waals surface area contributed by atoms with Gasteiger partial charge in [-0.25, -0.2) is 0 Å². The standard InChI is InChI=1S/C9H14O2/c1-9(2)4-7(6-10)3-8(11)5-9/h3,6,8,11H,4-5H2,1-2H3. The lowest BCUT2D eigenvalue weighted by atomic mass is 9.76. The van der Waals surface area contributed by atoms with Gasteiger partial charge in [-0.05, 0) is 29.9 Å². The molecule has 0 aromatic rings. The summed E-state index contributed by atoms with van der Waals surface area (Å²) >= 11 is 0. The molecule has 11 heavy (non-hydrogen) atoms. The predicted octanol–water partition coefficient (Wildman–Crippen LogP) is 1.29. The van der Waals surface area contributed by atoms with E-state index in [1.54, 1.807) is 6.08 Å². The van der Waals surface area contributed by atoms with Gasteiger partial charge in [-0.15, -0.1) is 0 Å². The number of allylic oxidation sites excluding steroid dienone is 1. The minimum atomic E-state index is -0.432. The molecule has 0 saturated heterocycles. The third-order valence-corrected chi connectivity index (χ3v) is 2.00. The first-order chi connectivity index (χ1) is 5.03. The Kier molecular flexibility index (Phi) is 2.14. The number of carbonyl (C=O) groups excluding carboxylic acids is 1. The molecule has 1 unspecified atom stereocenters. The molecule has 0 fully saturated rings. The van der Waals surface area contributed by atoms with Crippen molar-refractivity contribution in [3.63, 3.8) is 0 Å². The van der Waals surface area contributed by atoms with E-state index in [-0.39, 0.29) is 5.41 Å². The number of aliphatic hydroxyl groups excluding tert-OH is 1. The number of aldehydes is 1. The minimum Gasteiger partial charge on any atom is -0.389 e. The van der Waals surface area contributed by atoms with Gasteiger partial charge in [0, 0.05) is 0 Å². The van der Waals surface area contributed by atoms with E-state index in [0.29, 0.717) is 0 Å². The summed E-state index contributed by atoms with van der Waals surface area (Å²) in [6, 6.07) is 0. The predicted molar refractivity (Wildman–Crippen MR) is 43.2 cm³/mol. The molecule has 0 bridgehead atoms. The molecule has 1 N–H and O–H groups in total. The van der Waals surface area contributed by atoms with Crippen LogP contribution in [0.1, 0.15) is 26.7 Å². The van der Waals surface area contributed by atoms with E-state index < -0.39 is 6.10 Å². The lowest BCUT2D eigenvalue weighted by Crippen LogP contribution is -2.25. The first kappa shape index (κ1) is 8.47. The molecule has 0 saturated carbocycles. The van der Waals surface area contributed by atoms with Gasteiger partial charge in [0.1, 0.15) is 6.29 Å². The van der Waals surface area contributed by atoms with Crippen molar-refractivity contribution < 1.29 is 9.90 Å². The summed E-state index contributed by atoms with van der Waals surface area (Å²) < 4.78 is 0. The summed E-state index contributed by atoms with van der Waals surface area (Å²) in [4.78, 5) is 10.4. The summed E-state index contributed by atoms with van der Waals surface area (Å²) in [6.07, 6.45) is 3.60. The highest BCUT2D eigenvalue weighted by atomic mass is 16.3. The smallest absolute Gasteiger partial charge is 0.145 e. The zero-order chi connectivity index (χ0) is 8.48. The van der Waals surface area contributed by atoms with Gasteiger partial charge in [-0.2, -0.15) is 0 Å². The van der Waals surface area contributed by atoms with Gasteiger partial charge in [0.2, 0.25) is 0 Å². The van der Waals surface area contributed by atoms with E-state index in [1.807, 2.05) is 0 Å². The molecule has 1 aliphatic rings. The van der Waals surface area contributed by atoms with Gasteiger partial charge < -0.3 is 5.11 Å². The molecule has 62 valence electrons. The number of carbonyl (C=O) groups is 1. The van der Waals surface area contributed by atoms with Crippen LogP contribution in [-0.4, -0.2) is 17.5 Å². The fraction of sp³-hybridized carbons (Fsp3) is 0.667. The molecule has 0 heterocycles. The quantitative estimate of drug-likeness (QED) is 0.578. The van der Waals surface area contributed by atoms with Crippen molar-refractivity contribution >= 4 is 6.29 Å². The Bertz CT molecular complexity index is 192. The summed E-state index contributed by atoms with van der Waals surface area (Å²) in [5.41, 5.74) is 0.804. The molecule has 2 nitrogen and oxygen atoms in total. The van der Waals surface area contributed by atoms with Crippen LogP contribution >= 0.6 is 0 Å². The maximum atomic E-state index is 10.4. The van der Waals surface area contributed by atoms with Crippen LogP contribution in [0, 0.1) is 5.41 Å². The van der Waals surface area contributed by atoms with Crippen molar-refractivity contribution in [3.05, 3.63) is 11.6 Å². The maximum absolute atomic E-state index is 10.4. The zero-order valence-electron chi connectivity index (χ0n) is 7.00. The Morgan fingerprint density at radius 1 is 1.73 bits per heavy atom. The van der Waals surface area contributed by atoms with Crippen molar-refractivity contribution in [1.82, 2.24) is 0 Å². The molecule has 0 aliphatic heterocycles. The topological polar surface area (TPSA) is 37.3 Å². The third kappa shape index (κ3) is 2.15. The molecule has 0 amide bonds. The van der Waals surface area contributed by atoms with Crippen LogP contribution in [-0.2, 0) is 4.79 Å². The molecule has 1 aliphatic carbocycles. The Labute approximate surface area is 66.9 Å². The van der Waals surface area contributed by atoms with E-state index in [4.69, 9.17) is 0 Å². The van der Waals surface area contributed by atoms with Crippen molar-refractivity contribution in [2.45, 2.75) is 32.8 Å². The van der Waals surface area contributed by atoms with E-state index in [9.17, 15) is 9.90 Å². The molecular formula is C9H14O2. The van der Waals surface area contributed by atoms with Crippen LogP contribution < -0.4 is 0 Å². The Morgan fingerprint density at radius 3 is 2.82 bits per heavy atom. The fourth-order valence-electron chi connectivity index (χ4n) is 1.64. The highest BCUT2D eigenvalue weighted by Gasteiger charge is 2.27. The minimum absolute atomic E-state index is 0.0738. The van der Waals surface area contributed by atoms with Gasteiger partial charge in [-0.3, -0.25) is 4.79 Å². The average molecular weight is 154 g/mol. The highest BCUT2D eigenvalue weighted by molar-refractivity contribution is 5.73. The fourth-order valence-corrected chi connectivity index (χ4v) is 1.64. The van der Waals surface area contributed by atoms with Gasteiger partial charge in [0.25, 0.3) is 0 Å². The van der Waals surface area contributed by atoms with Crippen LogP contribution in [0.2, 0.25) is 0 Å². The van der Waals surface area contributed by atoms with Crippen molar-refractivity contribution in [1.29, 1.82) is 0 Å². The molecule has 1 rings (SSSR count). The van der Waals surface area contributed by atoms with E-state index in [1.165, 1.54) is 0 Å². The molecule has 1 atom stereocenters. The molecule has 0 aromatic heterocycles. The second-order valence-corrected chi connectivity index (χ2v) is 3.97. The molecule has 0 spiro atoms. The summed E-state index contributed by atoms with van der Waals surface area (Å²) in [6.45, 7) is 4.12. The number of aliphatic hydroxyl groups is 1. The normalized spacial score (nSPS) is 29.4. The average Bonchev–Trinajstić information content (AvgIpc) is 1.83. The van der Waals surface area contributed by atoms with Crippen molar-refractivity contribution in [2.24, 2.45) is 5.41 Å². The molecule has 0 aromatic carbocycles. The van der Waals surface area contributed by atoms with Crippen LogP contribution in [0.3, 0.4) is 0 Å². The van der Waals surface area contributed by atoms with Crippen molar-refractivity contribution in [2.75, 3.05) is 0 Å². The van der Waals surface area contributed by atoms with Gasteiger partial charge in [-0.1, -0.05) is 13.8 Å². The number of hydrogen-bond acceptors (Lipinski definition) is 2. The van der Waals surface area contributed by atoms with Crippen LogP contribution in [0.25, 0.3) is 0 Å².